The van der Waals surface area contributed by atoms with Crippen LogP contribution in [0.2, 0.25) is 5.02 Å². The molecule has 1 aromatic carbocycles. The topological polar surface area (TPSA) is 76.2 Å². The Morgan fingerprint density at radius 1 is 1.69 bits per heavy atom. The molecule has 0 fully saturated rings. The molecule has 0 bridgehead atoms. The molecule has 84 valence electrons. The molecular weight excluding hydrogens is 232 g/mol. The Hall–Kier alpha value is -1.80. The van der Waals surface area contributed by atoms with Gasteiger partial charge in [0.25, 0.3) is 0 Å². The molecule has 1 rings (SSSR count). The van der Waals surface area contributed by atoms with Crippen LogP contribution in [0.25, 0.3) is 0 Å². The van der Waals surface area contributed by atoms with E-state index in [1.165, 1.54) is 18.2 Å². The largest absolute Gasteiger partial charge is 0.483 e. The van der Waals surface area contributed by atoms with Crippen LogP contribution >= 0.6 is 11.6 Å². The Balaban J connectivity index is 2.97. The summed E-state index contributed by atoms with van der Waals surface area (Å²) in [5, 5.41) is 19.5. The zero-order valence-corrected chi connectivity index (χ0v) is 9.27. The standard InChI is InChI=1S/C10H9ClN2O3/c1-7(4-5-12)16-10-6-8(11)2-3-9(10)13(14)15/h2-3,6-7H,4H2,1H3. The second-order valence-corrected chi connectivity index (χ2v) is 3.60. The zero-order chi connectivity index (χ0) is 12.1. The van der Waals surface area contributed by atoms with E-state index in [-0.39, 0.29) is 17.9 Å². The summed E-state index contributed by atoms with van der Waals surface area (Å²) in [5.41, 5.74) is -0.158. The lowest BCUT2D eigenvalue weighted by molar-refractivity contribution is -0.386. The van der Waals surface area contributed by atoms with Crippen molar-refractivity contribution in [3.05, 3.63) is 33.3 Å². The molecule has 1 unspecified atom stereocenters. The van der Waals surface area contributed by atoms with Gasteiger partial charge in [-0.2, -0.15) is 5.26 Å². The van der Waals surface area contributed by atoms with Crippen LogP contribution in [0.15, 0.2) is 18.2 Å². The average molecular weight is 241 g/mol. The Morgan fingerprint density at radius 3 is 2.94 bits per heavy atom. The molecule has 1 aromatic rings. The molecule has 5 nitrogen and oxygen atoms in total. The van der Waals surface area contributed by atoms with Crippen LogP contribution in [0.1, 0.15) is 13.3 Å². The van der Waals surface area contributed by atoms with Crippen LogP contribution in [0, 0.1) is 21.4 Å². The molecule has 0 aliphatic carbocycles. The quantitative estimate of drug-likeness (QED) is 0.599. The van der Waals surface area contributed by atoms with E-state index < -0.39 is 11.0 Å². The maximum absolute atomic E-state index is 10.7. The molecule has 0 saturated heterocycles. The SMILES string of the molecule is CC(CC#N)Oc1cc(Cl)ccc1[N+](=O)[O-]. The fourth-order valence-electron chi connectivity index (χ4n) is 1.12. The number of nitro benzene ring substituents is 1. The molecule has 0 heterocycles. The molecule has 1 atom stereocenters. The second-order valence-electron chi connectivity index (χ2n) is 3.16. The van der Waals surface area contributed by atoms with Gasteiger partial charge < -0.3 is 4.74 Å². The number of halogens is 1. The number of hydrogen-bond acceptors (Lipinski definition) is 4. The first-order valence-electron chi connectivity index (χ1n) is 4.52. The van der Waals surface area contributed by atoms with E-state index in [4.69, 9.17) is 21.6 Å². The molecule has 0 amide bonds. The lowest BCUT2D eigenvalue weighted by atomic mass is 10.2. The van der Waals surface area contributed by atoms with Crippen molar-refractivity contribution in [3.63, 3.8) is 0 Å². The predicted molar refractivity (Wildman–Crippen MR) is 58.4 cm³/mol. The van der Waals surface area contributed by atoms with Gasteiger partial charge in [0, 0.05) is 17.2 Å². The van der Waals surface area contributed by atoms with Crippen molar-refractivity contribution < 1.29 is 9.66 Å². The summed E-state index contributed by atoms with van der Waals surface area (Å²) in [7, 11) is 0. The monoisotopic (exact) mass is 240 g/mol. The van der Waals surface area contributed by atoms with E-state index in [0.29, 0.717) is 5.02 Å². The van der Waals surface area contributed by atoms with Gasteiger partial charge in [-0.05, 0) is 13.0 Å². The van der Waals surface area contributed by atoms with E-state index in [1.54, 1.807) is 6.92 Å². The first kappa shape index (κ1) is 12.3. The minimum absolute atomic E-state index is 0.0836. The van der Waals surface area contributed by atoms with Gasteiger partial charge in [-0.25, -0.2) is 0 Å². The van der Waals surface area contributed by atoms with Gasteiger partial charge in [-0.15, -0.1) is 0 Å². The average Bonchev–Trinajstić information content (AvgIpc) is 2.17. The fraction of sp³-hybridized carbons (Fsp3) is 0.300. The van der Waals surface area contributed by atoms with Crippen molar-refractivity contribution in [2.24, 2.45) is 0 Å². The van der Waals surface area contributed by atoms with Gasteiger partial charge in [0.1, 0.15) is 6.10 Å². The summed E-state index contributed by atoms with van der Waals surface area (Å²) >= 11 is 5.71. The van der Waals surface area contributed by atoms with E-state index in [2.05, 4.69) is 0 Å². The summed E-state index contributed by atoms with van der Waals surface area (Å²) in [4.78, 5) is 10.1. The number of ether oxygens (including phenoxy) is 1. The molecule has 0 N–H and O–H groups in total. The molecule has 0 radical (unpaired) electrons. The third-order valence-corrected chi connectivity index (χ3v) is 2.06. The van der Waals surface area contributed by atoms with Gasteiger partial charge in [-0.3, -0.25) is 10.1 Å². The second kappa shape index (κ2) is 5.33. The van der Waals surface area contributed by atoms with E-state index in [9.17, 15) is 10.1 Å². The third-order valence-electron chi connectivity index (χ3n) is 1.83. The van der Waals surface area contributed by atoms with Gasteiger partial charge in [0.05, 0.1) is 17.4 Å². The molecular formula is C10H9ClN2O3. The highest BCUT2D eigenvalue weighted by atomic mass is 35.5. The summed E-state index contributed by atoms with van der Waals surface area (Å²) in [6.07, 6.45) is -0.258. The molecule has 0 aliphatic heterocycles. The van der Waals surface area contributed by atoms with Crippen molar-refractivity contribution in [2.75, 3.05) is 0 Å². The number of nitro groups is 1. The Kier molecular flexibility index (Phi) is 4.09. The first-order chi connectivity index (χ1) is 7.54. The van der Waals surface area contributed by atoms with Crippen LogP contribution in [0.5, 0.6) is 5.75 Å². The number of benzene rings is 1. The Labute approximate surface area is 97.4 Å². The van der Waals surface area contributed by atoms with Crippen molar-refractivity contribution in [1.29, 1.82) is 5.26 Å². The van der Waals surface area contributed by atoms with E-state index >= 15 is 0 Å². The first-order valence-corrected chi connectivity index (χ1v) is 4.90. The van der Waals surface area contributed by atoms with Crippen LogP contribution in [0.4, 0.5) is 5.69 Å². The third kappa shape index (κ3) is 3.11. The molecule has 16 heavy (non-hydrogen) atoms. The highest BCUT2D eigenvalue weighted by Crippen LogP contribution is 2.30. The summed E-state index contributed by atoms with van der Waals surface area (Å²) in [6, 6.07) is 5.98. The van der Waals surface area contributed by atoms with Crippen molar-refractivity contribution in [3.8, 4) is 11.8 Å². The minimum atomic E-state index is -0.551. The number of hydrogen-bond donors (Lipinski definition) is 0. The highest BCUT2D eigenvalue weighted by molar-refractivity contribution is 6.30. The van der Waals surface area contributed by atoms with Crippen molar-refractivity contribution in [2.45, 2.75) is 19.4 Å². The van der Waals surface area contributed by atoms with E-state index in [0.717, 1.165) is 0 Å². The van der Waals surface area contributed by atoms with Crippen LogP contribution in [-0.2, 0) is 0 Å². The van der Waals surface area contributed by atoms with Crippen LogP contribution in [0.3, 0.4) is 0 Å². The Morgan fingerprint density at radius 2 is 2.38 bits per heavy atom. The zero-order valence-electron chi connectivity index (χ0n) is 8.51. The maximum Gasteiger partial charge on any atom is 0.311 e. The molecule has 0 aliphatic rings. The maximum atomic E-state index is 10.7. The molecule has 0 spiro atoms. The van der Waals surface area contributed by atoms with Crippen molar-refractivity contribution >= 4 is 17.3 Å². The fourth-order valence-corrected chi connectivity index (χ4v) is 1.28. The highest BCUT2D eigenvalue weighted by Gasteiger charge is 2.17. The van der Waals surface area contributed by atoms with Gasteiger partial charge >= 0.3 is 5.69 Å². The lowest BCUT2D eigenvalue weighted by Crippen LogP contribution is -2.11. The number of rotatable bonds is 4. The summed E-state index contributed by atoms with van der Waals surface area (Å²) < 4.78 is 5.28. The number of nitrogens with zero attached hydrogens (tertiary/aromatic N) is 2. The number of nitriles is 1. The molecule has 0 saturated carbocycles. The van der Waals surface area contributed by atoms with Crippen LogP contribution < -0.4 is 4.74 Å². The molecule has 6 heteroatoms. The Bertz CT molecular complexity index is 442. The minimum Gasteiger partial charge on any atom is -0.483 e. The van der Waals surface area contributed by atoms with E-state index in [1.807, 2.05) is 6.07 Å². The molecule has 0 aromatic heterocycles. The smallest absolute Gasteiger partial charge is 0.311 e. The lowest BCUT2D eigenvalue weighted by Gasteiger charge is -2.11. The normalized spacial score (nSPS) is 11.6. The van der Waals surface area contributed by atoms with Gasteiger partial charge in [-0.1, -0.05) is 11.6 Å². The predicted octanol–water partition coefficient (Wildman–Crippen LogP) is 2.93. The van der Waals surface area contributed by atoms with Crippen molar-refractivity contribution in [1.82, 2.24) is 0 Å². The van der Waals surface area contributed by atoms with Gasteiger partial charge in [0.2, 0.25) is 0 Å². The summed E-state index contributed by atoms with van der Waals surface area (Å²) in [5.74, 6) is 0.0836. The van der Waals surface area contributed by atoms with Gasteiger partial charge in [0.15, 0.2) is 5.75 Å². The van der Waals surface area contributed by atoms with Crippen LogP contribution in [-0.4, -0.2) is 11.0 Å². The summed E-state index contributed by atoms with van der Waals surface area (Å²) in [6.45, 7) is 1.66.